The van der Waals surface area contributed by atoms with Crippen molar-refractivity contribution in [3.8, 4) is 0 Å². The number of hydrogen-bond acceptors (Lipinski definition) is 5. The molecule has 1 aliphatic rings. The highest BCUT2D eigenvalue weighted by Crippen LogP contribution is 2.23. The Morgan fingerprint density at radius 1 is 1.42 bits per heavy atom. The summed E-state index contributed by atoms with van der Waals surface area (Å²) in [7, 11) is 4.35. The van der Waals surface area contributed by atoms with Gasteiger partial charge in [-0.3, -0.25) is 4.90 Å². The lowest BCUT2D eigenvalue weighted by Crippen LogP contribution is -2.36. The molecule has 0 aromatic carbocycles. The monoisotopic (exact) mass is 282 g/mol. The first-order chi connectivity index (χ1) is 9.17. The molecule has 1 aliphatic heterocycles. The van der Waals surface area contributed by atoms with E-state index in [1.54, 1.807) is 11.3 Å². The lowest BCUT2D eigenvalue weighted by molar-refractivity contribution is 0.158. The summed E-state index contributed by atoms with van der Waals surface area (Å²) >= 11 is 1.79. The maximum absolute atomic E-state index is 4.40. The summed E-state index contributed by atoms with van der Waals surface area (Å²) in [5, 5.41) is 4.33. The third-order valence-corrected chi connectivity index (χ3v) is 4.53. The van der Waals surface area contributed by atoms with Gasteiger partial charge < -0.3 is 10.2 Å². The molecule has 2 rings (SSSR count). The van der Waals surface area contributed by atoms with Gasteiger partial charge in [0.15, 0.2) is 5.13 Å². The van der Waals surface area contributed by atoms with Crippen LogP contribution in [-0.2, 0) is 6.54 Å². The van der Waals surface area contributed by atoms with Gasteiger partial charge in [-0.1, -0.05) is 0 Å². The Morgan fingerprint density at radius 3 is 2.79 bits per heavy atom. The van der Waals surface area contributed by atoms with E-state index in [0.717, 1.165) is 24.1 Å². The van der Waals surface area contributed by atoms with Crippen LogP contribution >= 0.6 is 11.3 Å². The van der Waals surface area contributed by atoms with E-state index in [-0.39, 0.29) is 0 Å². The van der Waals surface area contributed by atoms with E-state index in [9.17, 15) is 0 Å². The van der Waals surface area contributed by atoms with Crippen molar-refractivity contribution in [2.24, 2.45) is 5.92 Å². The molecule has 1 saturated heterocycles. The fraction of sp³-hybridized carbons (Fsp3) is 0.786. The minimum Gasteiger partial charge on any atom is -0.362 e. The molecular formula is C14H26N4S. The van der Waals surface area contributed by atoms with E-state index in [4.69, 9.17) is 0 Å². The lowest BCUT2D eigenvalue weighted by atomic mass is 9.96. The van der Waals surface area contributed by atoms with E-state index >= 15 is 0 Å². The van der Waals surface area contributed by atoms with Crippen molar-refractivity contribution in [1.82, 2.24) is 14.8 Å². The molecular weight excluding hydrogens is 256 g/mol. The molecule has 4 nitrogen and oxygen atoms in total. The predicted octanol–water partition coefficient (Wildman–Crippen LogP) is 2.35. The van der Waals surface area contributed by atoms with Crippen LogP contribution in [0.5, 0.6) is 0 Å². The highest BCUT2D eigenvalue weighted by Gasteiger charge is 2.20. The smallest absolute Gasteiger partial charge is 0.182 e. The molecule has 5 heteroatoms. The Kier molecular flexibility index (Phi) is 5.60. The summed E-state index contributed by atoms with van der Waals surface area (Å²) < 4.78 is 0. The predicted molar refractivity (Wildman–Crippen MR) is 82.8 cm³/mol. The van der Waals surface area contributed by atoms with Crippen molar-refractivity contribution in [3.05, 3.63) is 11.1 Å². The van der Waals surface area contributed by atoms with Crippen LogP contribution in [0.2, 0.25) is 0 Å². The maximum Gasteiger partial charge on any atom is 0.182 e. The van der Waals surface area contributed by atoms with E-state index in [0.29, 0.717) is 0 Å². The number of aromatic nitrogens is 1. The van der Waals surface area contributed by atoms with Crippen LogP contribution in [0, 0.1) is 5.92 Å². The second-order valence-electron chi connectivity index (χ2n) is 5.64. The van der Waals surface area contributed by atoms with Crippen molar-refractivity contribution in [1.29, 1.82) is 0 Å². The summed E-state index contributed by atoms with van der Waals surface area (Å²) in [5.74, 6) is 0.880. The zero-order valence-electron chi connectivity index (χ0n) is 12.4. The minimum atomic E-state index is 0.880. The maximum atomic E-state index is 4.40. The molecule has 0 amide bonds. The Bertz CT molecular complexity index is 369. The van der Waals surface area contributed by atoms with Crippen LogP contribution < -0.4 is 5.32 Å². The molecule has 19 heavy (non-hydrogen) atoms. The molecule has 0 unspecified atom stereocenters. The Hall–Kier alpha value is -0.650. The summed E-state index contributed by atoms with van der Waals surface area (Å²) in [4.78, 5) is 10.7. The fourth-order valence-electron chi connectivity index (χ4n) is 2.68. The zero-order valence-corrected chi connectivity index (χ0v) is 13.2. The average Bonchev–Trinajstić information content (AvgIpc) is 2.79. The van der Waals surface area contributed by atoms with Gasteiger partial charge in [-0.15, -0.1) is 11.3 Å². The summed E-state index contributed by atoms with van der Waals surface area (Å²) in [6.07, 6.45) is 4.68. The molecule has 0 spiro atoms. The number of rotatable bonds is 6. The fourth-order valence-corrected chi connectivity index (χ4v) is 3.60. The van der Waals surface area contributed by atoms with Crippen LogP contribution in [0.3, 0.4) is 0 Å². The molecule has 0 bridgehead atoms. The number of hydrogen-bond donors (Lipinski definition) is 1. The van der Waals surface area contributed by atoms with Gasteiger partial charge in [0, 0.05) is 30.7 Å². The number of anilines is 1. The SMILES string of the molecule is CCNc1ncc(CN2CCC(CN(C)C)CC2)s1. The normalized spacial score (nSPS) is 18.1. The Balaban J connectivity index is 1.75. The first-order valence-electron chi connectivity index (χ1n) is 7.23. The van der Waals surface area contributed by atoms with Crippen molar-refractivity contribution in [2.45, 2.75) is 26.3 Å². The summed E-state index contributed by atoms with van der Waals surface area (Å²) in [6.45, 7) is 7.82. The van der Waals surface area contributed by atoms with Crippen LogP contribution in [0.25, 0.3) is 0 Å². The summed E-state index contributed by atoms with van der Waals surface area (Å²) in [6, 6.07) is 0. The lowest BCUT2D eigenvalue weighted by Gasteiger charge is -2.32. The highest BCUT2D eigenvalue weighted by molar-refractivity contribution is 7.15. The third-order valence-electron chi connectivity index (χ3n) is 3.59. The Morgan fingerprint density at radius 2 is 2.16 bits per heavy atom. The van der Waals surface area contributed by atoms with Crippen LogP contribution in [-0.4, -0.2) is 55.1 Å². The first kappa shape index (κ1) is 14.8. The molecule has 108 valence electrons. The second kappa shape index (κ2) is 7.22. The molecule has 2 heterocycles. The van der Waals surface area contributed by atoms with Crippen molar-refractivity contribution < 1.29 is 0 Å². The molecule has 0 atom stereocenters. The highest BCUT2D eigenvalue weighted by atomic mass is 32.1. The minimum absolute atomic E-state index is 0.880. The first-order valence-corrected chi connectivity index (χ1v) is 8.04. The zero-order chi connectivity index (χ0) is 13.7. The largest absolute Gasteiger partial charge is 0.362 e. The number of piperidine rings is 1. The van der Waals surface area contributed by atoms with Gasteiger partial charge in [0.2, 0.25) is 0 Å². The number of nitrogens with one attached hydrogen (secondary N) is 1. The van der Waals surface area contributed by atoms with Gasteiger partial charge in [-0.05, 0) is 52.9 Å². The van der Waals surface area contributed by atoms with Crippen molar-refractivity contribution in [2.75, 3.05) is 45.6 Å². The summed E-state index contributed by atoms with van der Waals surface area (Å²) in [5.41, 5.74) is 0. The van der Waals surface area contributed by atoms with E-state index in [1.807, 2.05) is 6.20 Å². The molecule has 0 aliphatic carbocycles. The quantitative estimate of drug-likeness (QED) is 0.868. The van der Waals surface area contributed by atoms with Crippen molar-refractivity contribution in [3.63, 3.8) is 0 Å². The molecule has 1 N–H and O–H groups in total. The topological polar surface area (TPSA) is 31.4 Å². The van der Waals surface area contributed by atoms with Gasteiger partial charge in [0.1, 0.15) is 0 Å². The number of likely N-dealkylation sites (tertiary alicyclic amines) is 1. The number of nitrogens with zero attached hydrogens (tertiary/aromatic N) is 3. The molecule has 1 fully saturated rings. The molecule has 0 saturated carbocycles. The van der Waals surface area contributed by atoms with Gasteiger partial charge >= 0.3 is 0 Å². The molecule has 0 radical (unpaired) electrons. The second-order valence-corrected chi connectivity index (χ2v) is 6.76. The molecule has 1 aromatic rings. The van der Waals surface area contributed by atoms with E-state index in [2.05, 4.69) is 41.1 Å². The van der Waals surface area contributed by atoms with Gasteiger partial charge in [-0.25, -0.2) is 4.98 Å². The van der Waals surface area contributed by atoms with Gasteiger partial charge in [0.05, 0.1) is 0 Å². The van der Waals surface area contributed by atoms with E-state index in [1.165, 1.54) is 37.4 Å². The Labute approximate surface area is 120 Å². The standard InChI is InChI=1S/C14H26N4S/c1-4-15-14-16-9-13(19-14)11-18-7-5-12(6-8-18)10-17(2)3/h9,12H,4-8,10-11H2,1-3H3,(H,15,16). The third kappa shape index (κ3) is 4.75. The number of thiazole rings is 1. The van der Waals surface area contributed by atoms with Crippen LogP contribution in [0.15, 0.2) is 6.20 Å². The van der Waals surface area contributed by atoms with Crippen LogP contribution in [0.4, 0.5) is 5.13 Å². The van der Waals surface area contributed by atoms with Crippen molar-refractivity contribution >= 4 is 16.5 Å². The van der Waals surface area contributed by atoms with E-state index < -0.39 is 0 Å². The van der Waals surface area contributed by atoms with Crippen LogP contribution in [0.1, 0.15) is 24.6 Å². The van der Waals surface area contributed by atoms with Gasteiger partial charge in [0.25, 0.3) is 0 Å². The molecule has 1 aromatic heterocycles. The van der Waals surface area contributed by atoms with Gasteiger partial charge in [-0.2, -0.15) is 0 Å². The average molecular weight is 282 g/mol.